The second-order valence-corrected chi connectivity index (χ2v) is 7.81. The third-order valence-corrected chi connectivity index (χ3v) is 6.13. The first-order valence-corrected chi connectivity index (χ1v) is 9.90. The summed E-state index contributed by atoms with van der Waals surface area (Å²) in [5, 5.41) is 5.51. The third kappa shape index (κ3) is 4.25. The van der Waals surface area contributed by atoms with E-state index in [2.05, 4.69) is 15.4 Å². The molecule has 6 nitrogen and oxygen atoms in total. The van der Waals surface area contributed by atoms with E-state index in [-0.39, 0.29) is 11.7 Å². The number of nitrogens with one attached hydrogen (secondary N) is 2. The highest BCUT2D eigenvalue weighted by Crippen LogP contribution is 2.39. The molecule has 1 aliphatic rings. The Bertz CT molecular complexity index is 833. The Kier molecular flexibility index (Phi) is 5.95. The molecular weight excluding hydrogens is 372 g/mol. The molecule has 3 rings (SSSR count). The van der Waals surface area contributed by atoms with Crippen molar-refractivity contribution < 1.29 is 19.1 Å². The summed E-state index contributed by atoms with van der Waals surface area (Å²) in [5.41, 5.74) is 1.30. The lowest BCUT2D eigenvalue weighted by atomic mass is 10.1. The highest BCUT2D eigenvalue weighted by atomic mass is 32.2. The molecule has 0 atom stereocenters. The Hall–Kier alpha value is -2.32. The van der Waals surface area contributed by atoms with Gasteiger partial charge in [-0.15, -0.1) is 23.1 Å². The minimum absolute atomic E-state index is 0.189. The topological polar surface area (TPSA) is 84.5 Å². The van der Waals surface area contributed by atoms with E-state index >= 15 is 0 Å². The van der Waals surface area contributed by atoms with Crippen LogP contribution in [0.4, 0.5) is 9.80 Å². The maximum atomic E-state index is 12.5. The minimum atomic E-state index is -0.815. The lowest BCUT2D eigenvalue weighted by Gasteiger charge is -2.08. The number of carbonyl (C=O) groups is 3. The van der Waals surface area contributed by atoms with Gasteiger partial charge in [0.25, 0.3) is 5.91 Å². The standard InChI is InChI=1S/C18H18N2O4S2/c1-24-18(23)20-16(22)15-12-8-5-9-13(12)26-17(15)19-14(21)10-25-11-6-3-2-4-7-11/h2-4,6-7H,5,8-10H2,1H3,(H,19,21)(H,20,22,23). The molecule has 136 valence electrons. The smallest absolute Gasteiger partial charge is 0.413 e. The summed E-state index contributed by atoms with van der Waals surface area (Å²) < 4.78 is 4.49. The van der Waals surface area contributed by atoms with Gasteiger partial charge in [-0.05, 0) is 37.0 Å². The maximum absolute atomic E-state index is 12.5. The first-order valence-electron chi connectivity index (χ1n) is 8.10. The lowest BCUT2D eigenvalue weighted by molar-refractivity contribution is -0.113. The second kappa shape index (κ2) is 8.37. The van der Waals surface area contributed by atoms with Gasteiger partial charge in [0.15, 0.2) is 0 Å². The molecule has 2 aromatic rings. The van der Waals surface area contributed by atoms with Crippen LogP contribution in [-0.2, 0) is 22.4 Å². The number of carbonyl (C=O) groups excluding carboxylic acids is 3. The molecule has 1 aliphatic carbocycles. The molecular formula is C18H18N2O4S2. The number of thioether (sulfide) groups is 1. The predicted octanol–water partition coefficient (Wildman–Crippen LogP) is 3.46. The van der Waals surface area contributed by atoms with Crippen LogP contribution in [0.25, 0.3) is 0 Å². The van der Waals surface area contributed by atoms with Gasteiger partial charge in [0.05, 0.1) is 18.4 Å². The van der Waals surface area contributed by atoms with Crippen LogP contribution in [-0.4, -0.2) is 30.8 Å². The van der Waals surface area contributed by atoms with Crippen molar-refractivity contribution in [2.45, 2.75) is 24.2 Å². The van der Waals surface area contributed by atoms with Crippen molar-refractivity contribution in [2.24, 2.45) is 0 Å². The van der Waals surface area contributed by atoms with Gasteiger partial charge < -0.3 is 10.1 Å². The van der Waals surface area contributed by atoms with Crippen LogP contribution < -0.4 is 10.6 Å². The summed E-state index contributed by atoms with van der Waals surface area (Å²) in [4.78, 5) is 38.2. The van der Waals surface area contributed by atoms with Gasteiger partial charge in [-0.2, -0.15) is 0 Å². The number of imide groups is 1. The van der Waals surface area contributed by atoms with Crippen molar-refractivity contribution in [3.63, 3.8) is 0 Å². The Labute approximate surface area is 159 Å². The van der Waals surface area contributed by atoms with Crippen LogP contribution in [0, 0.1) is 0 Å². The van der Waals surface area contributed by atoms with Gasteiger partial charge in [0.1, 0.15) is 5.00 Å². The van der Waals surface area contributed by atoms with Gasteiger partial charge in [0.2, 0.25) is 5.91 Å². The van der Waals surface area contributed by atoms with Crippen molar-refractivity contribution >= 4 is 46.0 Å². The molecule has 3 amide bonds. The summed E-state index contributed by atoms with van der Waals surface area (Å²) >= 11 is 2.83. The van der Waals surface area contributed by atoms with Gasteiger partial charge >= 0.3 is 6.09 Å². The molecule has 0 saturated heterocycles. The summed E-state index contributed by atoms with van der Waals surface area (Å²) in [6.07, 6.45) is 1.81. The quantitative estimate of drug-likeness (QED) is 0.764. The van der Waals surface area contributed by atoms with Crippen LogP contribution in [0.15, 0.2) is 35.2 Å². The van der Waals surface area contributed by atoms with Crippen LogP contribution in [0.5, 0.6) is 0 Å². The van der Waals surface area contributed by atoms with E-state index in [1.54, 1.807) is 0 Å². The van der Waals surface area contributed by atoms with Crippen molar-refractivity contribution in [2.75, 3.05) is 18.2 Å². The summed E-state index contributed by atoms with van der Waals surface area (Å²) in [5.74, 6) is -0.488. The molecule has 26 heavy (non-hydrogen) atoms. The molecule has 1 aromatic heterocycles. The van der Waals surface area contributed by atoms with Gasteiger partial charge in [-0.25, -0.2) is 4.79 Å². The molecule has 0 unspecified atom stereocenters. The number of alkyl carbamates (subject to hydrolysis) is 1. The molecule has 1 heterocycles. The van der Waals surface area contributed by atoms with Crippen molar-refractivity contribution in [3.8, 4) is 0 Å². The SMILES string of the molecule is COC(=O)NC(=O)c1c(NC(=O)CSc2ccccc2)sc2c1CCC2. The van der Waals surface area contributed by atoms with Crippen LogP contribution in [0.1, 0.15) is 27.2 Å². The highest BCUT2D eigenvalue weighted by Gasteiger charge is 2.28. The number of hydrogen-bond acceptors (Lipinski definition) is 6. The number of amides is 3. The predicted molar refractivity (Wildman–Crippen MR) is 102 cm³/mol. The first kappa shape index (κ1) is 18.5. The van der Waals surface area contributed by atoms with Crippen molar-refractivity contribution in [3.05, 3.63) is 46.3 Å². The zero-order chi connectivity index (χ0) is 18.5. The lowest BCUT2D eigenvalue weighted by Crippen LogP contribution is -2.31. The van der Waals surface area contributed by atoms with E-state index in [9.17, 15) is 14.4 Å². The number of methoxy groups -OCH3 is 1. The number of hydrogen-bond donors (Lipinski definition) is 2. The van der Waals surface area contributed by atoms with Crippen LogP contribution in [0.2, 0.25) is 0 Å². The fraction of sp³-hybridized carbons (Fsp3) is 0.278. The van der Waals surface area contributed by atoms with Gasteiger partial charge in [-0.1, -0.05) is 18.2 Å². The normalized spacial score (nSPS) is 12.3. The molecule has 0 spiro atoms. The van der Waals surface area contributed by atoms with E-state index in [1.165, 1.54) is 30.2 Å². The molecule has 8 heteroatoms. The summed E-state index contributed by atoms with van der Waals surface area (Å²) in [6, 6.07) is 9.63. The second-order valence-electron chi connectivity index (χ2n) is 5.66. The summed E-state index contributed by atoms with van der Waals surface area (Å²) in [6.45, 7) is 0. The van der Waals surface area contributed by atoms with E-state index in [0.29, 0.717) is 10.6 Å². The van der Waals surface area contributed by atoms with Gasteiger partial charge in [-0.3, -0.25) is 14.9 Å². The number of rotatable bonds is 5. The molecule has 0 radical (unpaired) electrons. The molecule has 0 fully saturated rings. The van der Waals surface area contributed by atoms with E-state index in [4.69, 9.17) is 0 Å². The average molecular weight is 390 g/mol. The monoisotopic (exact) mass is 390 g/mol. The van der Waals surface area contributed by atoms with E-state index < -0.39 is 12.0 Å². The average Bonchev–Trinajstić information content (AvgIpc) is 3.21. The van der Waals surface area contributed by atoms with Gasteiger partial charge in [0, 0.05) is 9.77 Å². The number of ether oxygens (including phenoxy) is 1. The first-order chi connectivity index (χ1) is 12.6. The minimum Gasteiger partial charge on any atom is -0.453 e. The van der Waals surface area contributed by atoms with E-state index in [0.717, 1.165) is 34.6 Å². The number of fused-ring (bicyclic) bond motifs is 1. The van der Waals surface area contributed by atoms with Crippen molar-refractivity contribution in [1.29, 1.82) is 0 Å². The zero-order valence-electron chi connectivity index (χ0n) is 14.2. The molecule has 1 aromatic carbocycles. The largest absolute Gasteiger partial charge is 0.453 e. The third-order valence-electron chi connectivity index (χ3n) is 3.92. The fourth-order valence-electron chi connectivity index (χ4n) is 2.77. The Morgan fingerprint density at radius 2 is 1.96 bits per heavy atom. The molecule has 0 aliphatic heterocycles. The highest BCUT2D eigenvalue weighted by molar-refractivity contribution is 8.00. The van der Waals surface area contributed by atoms with E-state index in [1.807, 2.05) is 30.3 Å². The van der Waals surface area contributed by atoms with Crippen molar-refractivity contribution in [1.82, 2.24) is 5.32 Å². The molecule has 0 bridgehead atoms. The Morgan fingerprint density at radius 3 is 2.69 bits per heavy atom. The number of benzene rings is 1. The fourth-order valence-corrected chi connectivity index (χ4v) is 4.79. The maximum Gasteiger partial charge on any atom is 0.413 e. The number of anilines is 1. The Morgan fingerprint density at radius 1 is 1.19 bits per heavy atom. The zero-order valence-corrected chi connectivity index (χ0v) is 15.8. The number of aryl methyl sites for hydroxylation is 1. The summed E-state index contributed by atoms with van der Waals surface area (Å²) in [7, 11) is 1.20. The number of thiophene rings is 1. The molecule has 2 N–H and O–H groups in total. The Balaban J connectivity index is 1.72. The molecule has 0 saturated carbocycles. The van der Waals surface area contributed by atoms with Crippen LogP contribution in [0.3, 0.4) is 0 Å². The van der Waals surface area contributed by atoms with Crippen LogP contribution >= 0.6 is 23.1 Å².